The Morgan fingerprint density at radius 3 is 2.33 bits per heavy atom. The molecule has 1 N–H and O–H groups in total. The highest BCUT2D eigenvalue weighted by atomic mass is 16.7. The Hall–Kier alpha value is -2.68. The molecule has 0 radical (unpaired) electrons. The molecule has 9 nitrogen and oxygen atoms in total. The second-order valence-corrected chi connectivity index (χ2v) is 5.75. The molecule has 128 valence electrons. The molecule has 9 heteroatoms. The van der Waals surface area contributed by atoms with E-state index in [2.05, 4.69) is 5.28 Å². The van der Waals surface area contributed by atoms with Crippen molar-refractivity contribution in [2.24, 2.45) is 5.28 Å². The number of aliphatic hydroxyl groups excluding tert-OH is 1. The first kappa shape index (κ1) is 16.2. The highest BCUT2D eigenvalue weighted by molar-refractivity contribution is 6.21. The summed E-state index contributed by atoms with van der Waals surface area (Å²) in [7, 11) is 0. The molecule has 1 saturated heterocycles. The Labute approximate surface area is 138 Å². The molecule has 1 aromatic carbocycles. The molecule has 0 spiro atoms. The third kappa shape index (κ3) is 2.90. The van der Waals surface area contributed by atoms with E-state index >= 15 is 0 Å². The van der Waals surface area contributed by atoms with Crippen LogP contribution in [0.2, 0.25) is 0 Å². The minimum atomic E-state index is -1.01. The minimum absolute atomic E-state index is 0.292. The van der Waals surface area contributed by atoms with Crippen molar-refractivity contribution >= 4 is 11.8 Å². The van der Waals surface area contributed by atoms with Gasteiger partial charge in [-0.15, -0.1) is 5.01 Å². The van der Waals surface area contributed by atoms with Crippen LogP contribution in [0.15, 0.2) is 29.5 Å². The van der Waals surface area contributed by atoms with Crippen molar-refractivity contribution in [1.82, 2.24) is 9.91 Å². The molecular weight excluding hydrogens is 316 g/mol. The van der Waals surface area contributed by atoms with Gasteiger partial charge in [-0.05, 0) is 31.9 Å². The number of benzene rings is 1. The summed E-state index contributed by atoms with van der Waals surface area (Å²) in [6.07, 6.45) is -0.471. The molecule has 2 aliphatic heterocycles. The van der Waals surface area contributed by atoms with Gasteiger partial charge in [0.1, 0.15) is 0 Å². The molecule has 24 heavy (non-hydrogen) atoms. The van der Waals surface area contributed by atoms with Gasteiger partial charge in [0.05, 0.1) is 35.3 Å². The van der Waals surface area contributed by atoms with Crippen molar-refractivity contribution < 1.29 is 24.5 Å². The van der Waals surface area contributed by atoms with Crippen LogP contribution < -0.4 is 0 Å². The predicted molar refractivity (Wildman–Crippen MR) is 80.4 cm³/mol. The lowest BCUT2D eigenvalue weighted by atomic mass is 10.1. The van der Waals surface area contributed by atoms with Gasteiger partial charge in [0.25, 0.3) is 11.8 Å². The smallest absolute Gasteiger partial charge is 0.264 e. The van der Waals surface area contributed by atoms with E-state index in [1.165, 1.54) is 11.9 Å². The summed E-state index contributed by atoms with van der Waals surface area (Å²) < 4.78 is 0. The number of aliphatic hydroxyl groups is 1. The Morgan fingerprint density at radius 1 is 1.25 bits per heavy atom. The zero-order chi connectivity index (χ0) is 17.3. The number of piperidine rings is 1. The lowest BCUT2D eigenvalue weighted by molar-refractivity contribution is -0.714. The SMILES string of the molecule is CC(O/N=[N+](\[O-])N1CCC(O)CC1)N1C(=O)c2ccccc2C1=O. The number of nitrogens with zero attached hydrogens (tertiary/aromatic N) is 4. The first-order valence-corrected chi connectivity index (χ1v) is 7.73. The second kappa shape index (κ2) is 6.44. The average Bonchev–Trinajstić information content (AvgIpc) is 2.85. The summed E-state index contributed by atoms with van der Waals surface area (Å²) in [4.78, 5) is 30.9. The second-order valence-electron chi connectivity index (χ2n) is 5.75. The van der Waals surface area contributed by atoms with E-state index in [1.54, 1.807) is 24.3 Å². The van der Waals surface area contributed by atoms with E-state index in [1.807, 2.05) is 0 Å². The standard InChI is InChI=1S/C15H18N4O5/c1-10(24-16-19(23)17-8-6-11(20)7-9-17)18-14(21)12-4-2-3-5-13(12)15(18)22/h2-5,10-11,20H,6-9H2,1H3/b19-16-. The highest BCUT2D eigenvalue weighted by Gasteiger charge is 2.39. The summed E-state index contributed by atoms with van der Waals surface area (Å²) in [5.41, 5.74) is 0.615. The van der Waals surface area contributed by atoms with Crippen molar-refractivity contribution in [1.29, 1.82) is 0 Å². The maximum Gasteiger partial charge on any atom is 0.264 e. The number of fused-ring (bicyclic) bond motifs is 1. The molecule has 2 heterocycles. The normalized spacial score (nSPS) is 20.3. The molecule has 0 aromatic heterocycles. The van der Waals surface area contributed by atoms with Gasteiger partial charge in [-0.25, -0.2) is 4.90 Å². The first-order valence-electron chi connectivity index (χ1n) is 7.73. The van der Waals surface area contributed by atoms with E-state index in [0.717, 1.165) is 4.90 Å². The first-order chi connectivity index (χ1) is 11.5. The van der Waals surface area contributed by atoms with Gasteiger partial charge in [0.15, 0.2) is 0 Å². The van der Waals surface area contributed by atoms with E-state index < -0.39 is 24.1 Å². The summed E-state index contributed by atoms with van der Waals surface area (Å²) >= 11 is 0. The quantitative estimate of drug-likeness (QED) is 0.379. The topological polar surface area (TPSA) is 109 Å². The van der Waals surface area contributed by atoms with Gasteiger partial charge in [-0.2, -0.15) is 0 Å². The lowest BCUT2D eigenvalue weighted by Crippen LogP contribution is -2.41. The van der Waals surface area contributed by atoms with Crippen LogP contribution in [0.5, 0.6) is 0 Å². The number of carbonyl (C=O) groups is 2. The number of hydrogen-bond donors (Lipinski definition) is 1. The van der Waals surface area contributed by atoms with Crippen molar-refractivity contribution in [2.45, 2.75) is 32.1 Å². The lowest BCUT2D eigenvalue weighted by Gasteiger charge is -2.25. The zero-order valence-corrected chi connectivity index (χ0v) is 13.2. The van der Waals surface area contributed by atoms with E-state index in [-0.39, 0.29) is 0 Å². The monoisotopic (exact) mass is 334 g/mol. The minimum Gasteiger partial charge on any atom is -0.569 e. The van der Waals surface area contributed by atoms with Crippen molar-refractivity contribution in [3.8, 4) is 0 Å². The molecule has 2 amide bonds. The van der Waals surface area contributed by atoms with Crippen LogP contribution >= 0.6 is 0 Å². The summed E-state index contributed by atoms with van der Waals surface area (Å²) in [6.45, 7) is 2.19. The number of hydrogen-bond acceptors (Lipinski definition) is 6. The van der Waals surface area contributed by atoms with Crippen LogP contribution in [-0.2, 0) is 4.84 Å². The fraction of sp³-hybridized carbons (Fsp3) is 0.467. The molecule has 1 unspecified atom stereocenters. The number of amides is 2. The van der Waals surface area contributed by atoms with Gasteiger partial charge in [0.2, 0.25) is 11.5 Å². The Bertz CT molecular complexity index is 649. The molecule has 1 aromatic rings. The third-order valence-electron chi connectivity index (χ3n) is 4.14. The van der Waals surface area contributed by atoms with Crippen LogP contribution in [0.25, 0.3) is 0 Å². The van der Waals surface area contributed by atoms with Crippen LogP contribution in [0.4, 0.5) is 0 Å². The number of carbonyl (C=O) groups excluding carboxylic acids is 2. The number of imide groups is 1. The van der Waals surface area contributed by atoms with E-state index in [4.69, 9.17) is 4.84 Å². The molecule has 2 aliphatic rings. The third-order valence-corrected chi connectivity index (χ3v) is 4.14. The Kier molecular flexibility index (Phi) is 4.34. The largest absolute Gasteiger partial charge is 0.569 e. The molecule has 1 atom stereocenters. The summed E-state index contributed by atoms with van der Waals surface area (Å²) in [5, 5.41) is 26.1. The molecular formula is C15H18N4O5. The van der Waals surface area contributed by atoms with Crippen molar-refractivity contribution in [3.05, 3.63) is 40.6 Å². The number of hydrazine groups is 1. The highest BCUT2D eigenvalue weighted by Crippen LogP contribution is 2.24. The van der Waals surface area contributed by atoms with E-state index in [9.17, 15) is 19.9 Å². The van der Waals surface area contributed by atoms with Crippen molar-refractivity contribution in [2.75, 3.05) is 13.1 Å². The molecule has 0 aliphatic carbocycles. The molecule has 0 bridgehead atoms. The fourth-order valence-electron chi connectivity index (χ4n) is 2.77. The van der Waals surface area contributed by atoms with Crippen LogP contribution in [0.3, 0.4) is 0 Å². The molecule has 1 fully saturated rings. The number of rotatable bonds is 4. The van der Waals surface area contributed by atoms with Gasteiger partial charge in [0, 0.05) is 0 Å². The Morgan fingerprint density at radius 2 is 1.79 bits per heavy atom. The fourth-order valence-corrected chi connectivity index (χ4v) is 2.77. The molecule has 3 rings (SSSR count). The maximum atomic E-state index is 12.3. The zero-order valence-electron chi connectivity index (χ0n) is 13.2. The average molecular weight is 334 g/mol. The molecule has 0 saturated carbocycles. The van der Waals surface area contributed by atoms with Gasteiger partial charge >= 0.3 is 0 Å². The van der Waals surface area contributed by atoms with Crippen LogP contribution in [0.1, 0.15) is 40.5 Å². The predicted octanol–water partition coefficient (Wildman–Crippen LogP) is 0.894. The summed E-state index contributed by atoms with van der Waals surface area (Å²) in [5.74, 6) is -0.950. The Balaban J connectivity index is 1.65. The van der Waals surface area contributed by atoms with Gasteiger partial charge < -0.3 is 15.2 Å². The summed E-state index contributed by atoms with van der Waals surface area (Å²) in [6, 6.07) is 6.48. The van der Waals surface area contributed by atoms with Crippen LogP contribution in [0, 0.1) is 5.21 Å². The van der Waals surface area contributed by atoms with Gasteiger partial charge in [-0.1, -0.05) is 12.1 Å². The van der Waals surface area contributed by atoms with Gasteiger partial charge in [-0.3, -0.25) is 9.59 Å². The van der Waals surface area contributed by atoms with Crippen molar-refractivity contribution in [3.63, 3.8) is 0 Å². The van der Waals surface area contributed by atoms with Crippen LogP contribution in [-0.4, -0.2) is 57.2 Å². The van der Waals surface area contributed by atoms with E-state index in [0.29, 0.717) is 42.0 Å². The maximum absolute atomic E-state index is 12.3.